The van der Waals surface area contributed by atoms with E-state index in [1.54, 1.807) is 24.1 Å². The van der Waals surface area contributed by atoms with Crippen molar-refractivity contribution in [3.63, 3.8) is 0 Å². The van der Waals surface area contributed by atoms with Gasteiger partial charge in [-0.25, -0.2) is 9.78 Å². The second kappa shape index (κ2) is 9.84. The number of anilines is 1. The third kappa shape index (κ3) is 4.75. The third-order valence-corrected chi connectivity index (χ3v) is 6.98. The van der Waals surface area contributed by atoms with E-state index in [0.29, 0.717) is 54.8 Å². The first-order valence-electron chi connectivity index (χ1n) is 12.7. The Morgan fingerprint density at radius 3 is 2.76 bits per heavy atom. The van der Waals surface area contributed by atoms with Crippen LogP contribution in [0, 0.1) is 0 Å². The summed E-state index contributed by atoms with van der Waals surface area (Å²) in [6, 6.07) is 9.12. The van der Waals surface area contributed by atoms with Crippen molar-refractivity contribution in [3.05, 3.63) is 52.8 Å². The molecule has 1 N–H and O–H groups in total. The van der Waals surface area contributed by atoms with E-state index in [1.165, 1.54) is 0 Å². The highest BCUT2D eigenvalue weighted by Gasteiger charge is 2.34. The molecule has 3 aromatic rings. The Kier molecular flexibility index (Phi) is 6.57. The highest BCUT2D eigenvalue weighted by atomic mass is 16.6. The standard InChI is InChI=1S/C27H32N6O4/c1-5-13-37-26(35)32-12-10-17-15-21(36-4)19(14-18(17)16-32)25(34)29-22-8-6-7-20(28-22)24-31-30-23-9-11-27(2,3)33(23)24/h6-8,14-15H,5,9-13,16H2,1-4H3,(H,28,29,34). The summed E-state index contributed by atoms with van der Waals surface area (Å²) in [7, 11) is 1.54. The smallest absolute Gasteiger partial charge is 0.410 e. The molecule has 0 saturated heterocycles. The Labute approximate surface area is 216 Å². The van der Waals surface area contributed by atoms with Crippen LogP contribution in [-0.4, -0.2) is 56.9 Å². The van der Waals surface area contributed by atoms with E-state index in [-0.39, 0.29) is 17.5 Å². The number of aromatic nitrogens is 4. The molecule has 2 aromatic heterocycles. The highest BCUT2D eigenvalue weighted by Crippen LogP contribution is 2.35. The molecule has 5 rings (SSSR count). The van der Waals surface area contributed by atoms with Crippen molar-refractivity contribution in [3.8, 4) is 17.3 Å². The lowest BCUT2D eigenvalue weighted by Gasteiger charge is -2.29. The summed E-state index contributed by atoms with van der Waals surface area (Å²) in [4.78, 5) is 32.1. The molecule has 1 aromatic carbocycles. The van der Waals surface area contributed by atoms with Gasteiger partial charge in [0.25, 0.3) is 5.91 Å². The van der Waals surface area contributed by atoms with Crippen molar-refractivity contribution in [1.82, 2.24) is 24.6 Å². The summed E-state index contributed by atoms with van der Waals surface area (Å²) in [5.74, 6) is 2.17. The number of rotatable bonds is 6. The molecule has 0 aliphatic carbocycles. The Morgan fingerprint density at radius 1 is 1.14 bits per heavy atom. The first-order valence-corrected chi connectivity index (χ1v) is 12.7. The van der Waals surface area contributed by atoms with Gasteiger partial charge in [-0.1, -0.05) is 13.0 Å². The summed E-state index contributed by atoms with van der Waals surface area (Å²) in [5.41, 5.74) is 2.87. The largest absolute Gasteiger partial charge is 0.496 e. The van der Waals surface area contributed by atoms with E-state index in [2.05, 4.69) is 38.9 Å². The topological polar surface area (TPSA) is 111 Å². The number of ether oxygens (including phenoxy) is 2. The van der Waals surface area contributed by atoms with Gasteiger partial charge in [0.05, 0.1) is 19.3 Å². The summed E-state index contributed by atoms with van der Waals surface area (Å²) in [5, 5.41) is 11.6. The molecule has 2 aliphatic rings. The number of carbonyl (C=O) groups is 2. The minimum atomic E-state index is -0.346. The van der Waals surface area contributed by atoms with Gasteiger partial charge >= 0.3 is 6.09 Å². The van der Waals surface area contributed by atoms with Gasteiger partial charge in [0.15, 0.2) is 5.82 Å². The molecule has 0 unspecified atom stereocenters. The maximum Gasteiger partial charge on any atom is 0.410 e. The van der Waals surface area contributed by atoms with Crippen LogP contribution in [0.5, 0.6) is 5.75 Å². The summed E-state index contributed by atoms with van der Waals surface area (Å²) >= 11 is 0. The zero-order chi connectivity index (χ0) is 26.2. The number of hydrogen-bond donors (Lipinski definition) is 1. The van der Waals surface area contributed by atoms with Gasteiger partial charge in [-0.05, 0) is 68.5 Å². The van der Waals surface area contributed by atoms with Crippen LogP contribution in [-0.2, 0) is 29.7 Å². The van der Waals surface area contributed by atoms with Crippen molar-refractivity contribution in [1.29, 1.82) is 0 Å². The molecular weight excluding hydrogens is 472 g/mol. The van der Waals surface area contributed by atoms with Gasteiger partial charge < -0.3 is 24.3 Å². The van der Waals surface area contributed by atoms with E-state index in [1.807, 2.05) is 25.1 Å². The van der Waals surface area contributed by atoms with Crippen molar-refractivity contribution in [2.24, 2.45) is 0 Å². The van der Waals surface area contributed by atoms with Gasteiger partial charge in [0.2, 0.25) is 0 Å². The number of fused-ring (bicyclic) bond motifs is 2. The summed E-state index contributed by atoms with van der Waals surface area (Å²) < 4.78 is 13.0. The van der Waals surface area contributed by atoms with Gasteiger partial charge in [-0.15, -0.1) is 10.2 Å². The zero-order valence-electron chi connectivity index (χ0n) is 21.7. The predicted octanol–water partition coefficient (Wildman–Crippen LogP) is 4.19. The molecule has 0 radical (unpaired) electrons. The molecule has 0 bridgehead atoms. The van der Waals surface area contributed by atoms with Crippen molar-refractivity contribution in [2.75, 3.05) is 25.6 Å². The number of methoxy groups -OCH3 is 1. The van der Waals surface area contributed by atoms with Crippen molar-refractivity contribution >= 4 is 17.8 Å². The fourth-order valence-corrected chi connectivity index (χ4v) is 4.99. The molecule has 37 heavy (non-hydrogen) atoms. The molecular formula is C27H32N6O4. The van der Waals surface area contributed by atoms with Crippen LogP contribution in [0.4, 0.5) is 10.6 Å². The van der Waals surface area contributed by atoms with Gasteiger partial charge in [-0.3, -0.25) is 4.79 Å². The average molecular weight is 505 g/mol. The van der Waals surface area contributed by atoms with Crippen LogP contribution in [0.15, 0.2) is 30.3 Å². The lowest BCUT2D eigenvalue weighted by Crippen LogP contribution is -2.36. The fraction of sp³-hybridized carbons (Fsp3) is 0.444. The number of nitrogens with one attached hydrogen (secondary N) is 1. The molecule has 194 valence electrons. The molecule has 0 atom stereocenters. The number of amides is 2. The number of pyridine rings is 1. The normalized spacial score (nSPS) is 15.6. The molecule has 0 spiro atoms. The van der Waals surface area contributed by atoms with Crippen molar-refractivity contribution < 1.29 is 19.1 Å². The number of hydrogen-bond acceptors (Lipinski definition) is 7. The molecule has 0 fully saturated rings. The van der Waals surface area contributed by atoms with Crippen molar-refractivity contribution in [2.45, 2.75) is 58.5 Å². The number of benzene rings is 1. The van der Waals surface area contributed by atoms with E-state index < -0.39 is 0 Å². The Balaban J connectivity index is 1.38. The van der Waals surface area contributed by atoms with E-state index in [0.717, 1.165) is 36.2 Å². The first kappa shape index (κ1) is 24.7. The molecule has 2 amide bonds. The van der Waals surface area contributed by atoms with Gasteiger partial charge in [0.1, 0.15) is 23.1 Å². The SMILES string of the molecule is CCCOC(=O)N1CCc2cc(OC)c(C(=O)Nc3cccc(-c4nnc5n4C(C)(C)CC5)n3)cc2C1. The van der Waals surface area contributed by atoms with Gasteiger partial charge in [-0.2, -0.15) is 0 Å². The van der Waals surface area contributed by atoms with Crippen LogP contribution >= 0.6 is 0 Å². The van der Waals surface area contributed by atoms with E-state index in [9.17, 15) is 9.59 Å². The third-order valence-electron chi connectivity index (χ3n) is 6.98. The first-order chi connectivity index (χ1) is 17.8. The van der Waals surface area contributed by atoms with Crippen LogP contribution < -0.4 is 10.1 Å². The lowest BCUT2D eigenvalue weighted by molar-refractivity contribution is 0.0978. The average Bonchev–Trinajstić information content (AvgIpc) is 3.47. The Hall–Kier alpha value is -3.95. The maximum atomic E-state index is 13.4. The van der Waals surface area contributed by atoms with E-state index >= 15 is 0 Å². The van der Waals surface area contributed by atoms with Crippen LogP contribution in [0.25, 0.3) is 11.5 Å². The number of carbonyl (C=O) groups excluding carboxylic acids is 2. The monoisotopic (exact) mass is 504 g/mol. The minimum absolute atomic E-state index is 0.0948. The quantitative estimate of drug-likeness (QED) is 0.536. The van der Waals surface area contributed by atoms with Gasteiger partial charge in [0, 0.05) is 25.0 Å². The number of nitrogens with zero attached hydrogens (tertiary/aromatic N) is 5. The second-order valence-electron chi connectivity index (χ2n) is 10.1. The Bertz CT molecular complexity index is 1350. The lowest BCUT2D eigenvalue weighted by atomic mass is 9.96. The molecule has 0 saturated carbocycles. The summed E-state index contributed by atoms with van der Waals surface area (Å²) in [6.45, 7) is 7.61. The molecule has 4 heterocycles. The van der Waals surface area contributed by atoms with Crippen LogP contribution in [0.1, 0.15) is 60.9 Å². The van der Waals surface area contributed by atoms with Crippen LogP contribution in [0.3, 0.4) is 0 Å². The van der Waals surface area contributed by atoms with E-state index in [4.69, 9.17) is 9.47 Å². The van der Waals surface area contributed by atoms with Crippen LogP contribution in [0.2, 0.25) is 0 Å². The zero-order valence-corrected chi connectivity index (χ0v) is 21.7. The minimum Gasteiger partial charge on any atom is -0.496 e. The number of aryl methyl sites for hydroxylation is 1. The maximum absolute atomic E-state index is 13.4. The molecule has 10 heteroatoms. The predicted molar refractivity (Wildman–Crippen MR) is 138 cm³/mol. The fourth-order valence-electron chi connectivity index (χ4n) is 4.99. The summed E-state index contributed by atoms with van der Waals surface area (Å²) in [6.07, 6.45) is 2.97. The Morgan fingerprint density at radius 2 is 1.97 bits per heavy atom. The highest BCUT2D eigenvalue weighted by molar-refractivity contribution is 6.06. The molecule has 2 aliphatic heterocycles. The second-order valence-corrected chi connectivity index (χ2v) is 10.1. The molecule has 10 nitrogen and oxygen atoms in total.